The summed E-state index contributed by atoms with van der Waals surface area (Å²) in [5.41, 5.74) is 1.40. The van der Waals surface area contributed by atoms with E-state index in [1.807, 2.05) is 25.1 Å². The summed E-state index contributed by atoms with van der Waals surface area (Å²) in [6.45, 7) is 3.55. The largest absolute Gasteiger partial charge is 0.481 e. The Balaban J connectivity index is 1.99. The highest BCUT2D eigenvalue weighted by atomic mass is 16.6. The van der Waals surface area contributed by atoms with Gasteiger partial charge in [0.2, 0.25) is 0 Å². The predicted molar refractivity (Wildman–Crippen MR) is 83.0 cm³/mol. The van der Waals surface area contributed by atoms with Crippen molar-refractivity contribution >= 4 is 17.3 Å². The Morgan fingerprint density at radius 2 is 1.82 bits per heavy atom. The van der Waals surface area contributed by atoms with Crippen LogP contribution in [0.15, 0.2) is 48.5 Å². The fourth-order valence-corrected chi connectivity index (χ4v) is 1.84. The van der Waals surface area contributed by atoms with Gasteiger partial charge in [-0.1, -0.05) is 18.2 Å². The Hall–Kier alpha value is -2.89. The minimum atomic E-state index is -0.684. The van der Waals surface area contributed by atoms with Crippen molar-refractivity contribution in [2.75, 3.05) is 5.32 Å². The lowest BCUT2D eigenvalue weighted by Crippen LogP contribution is -2.30. The normalized spacial score (nSPS) is 11.5. The lowest BCUT2D eigenvalue weighted by molar-refractivity contribution is -0.384. The first-order chi connectivity index (χ1) is 10.5. The molecule has 0 aliphatic carbocycles. The van der Waals surface area contributed by atoms with Crippen LogP contribution >= 0.6 is 0 Å². The molecule has 22 heavy (non-hydrogen) atoms. The molecule has 114 valence electrons. The number of rotatable bonds is 5. The van der Waals surface area contributed by atoms with E-state index in [2.05, 4.69) is 5.32 Å². The Kier molecular flexibility index (Phi) is 4.73. The van der Waals surface area contributed by atoms with Crippen LogP contribution in [-0.2, 0) is 4.79 Å². The molecule has 0 bridgehead atoms. The number of ether oxygens (including phenoxy) is 1. The fraction of sp³-hybridized carbons (Fsp3) is 0.188. The van der Waals surface area contributed by atoms with Crippen molar-refractivity contribution in [1.29, 1.82) is 0 Å². The van der Waals surface area contributed by atoms with E-state index in [1.54, 1.807) is 13.0 Å². The number of nitrogens with zero attached hydrogens (tertiary/aromatic N) is 1. The van der Waals surface area contributed by atoms with Gasteiger partial charge in [-0.25, -0.2) is 0 Å². The van der Waals surface area contributed by atoms with E-state index in [-0.39, 0.29) is 11.6 Å². The van der Waals surface area contributed by atoms with Gasteiger partial charge in [0.15, 0.2) is 6.10 Å². The van der Waals surface area contributed by atoms with Crippen LogP contribution < -0.4 is 10.1 Å². The maximum Gasteiger partial charge on any atom is 0.269 e. The molecule has 0 saturated carbocycles. The second-order valence-electron chi connectivity index (χ2n) is 4.82. The Bertz CT molecular complexity index is 683. The summed E-state index contributed by atoms with van der Waals surface area (Å²) in [6, 6.07) is 13.1. The van der Waals surface area contributed by atoms with Gasteiger partial charge >= 0.3 is 0 Å². The van der Waals surface area contributed by atoms with Crippen molar-refractivity contribution in [2.45, 2.75) is 20.0 Å². The quantitative estimate of drug-likeness (QED) is 0.678. The molecule has 0 radical (unpaired) electrons. The molecule has 6 heteroatoms. The van der Waals surface area contributed by atoms with E-state index in [0.29, 0.717) is 11.4 Å². The standard InChI is InChI=1S/C16H16N2O4/c1-11-5-3-4-6-15(11)22-12(2)16(19)17-13-7-9-14(10-8-13)18(20)21/h3-10,12H,1-2H3,(H,17,19)/t12-/m0/s1. The Morgan fingerprint density at radius 3 is 2.41 bits per heavy atom. The molecule has 2 aromatic carbocycles. The molecule has 0 aliphatic rings. The van der Waals surface area contributed by atoms with Crippen molar-refractivity contribution in [1.82, 2.24) is 0 Å². The third-order valence-corrected chi connectivity index (χ3v) is 3.11. The molecular formula is C16H16N2O4. The minimum Gasteiger partial charge on any atom is -0.481 e. The van der Waals surface area contributed by atoms with Gasteiger partial charge in [0, 0.05) is 17.8 Å². The van der Waals surface area contributed by atoms with E-state index in [0.717, 1.165) is 5.56 Å². The number of anilines is 1. The molecule has 1 N–H and O–H groups in total. The summed E-state index contributed by atoms with van der Waals surface area (Å²) in [7, 11) is 0. The second kappa shape index (κ2) is 6.71. The van der Waals surface area contributed by atoms with Crippen LogP contribution in [0.2, 0.25) is 0 Å². The van der Waals surface area contributed by atoms with Gasteiger partial charge in [-0.15, -0.1) is 0 Å². The lowest BCUT2D eigenvalue weighted by atomic mass is 10.2. The maximum absolute atomic E-state index is 12.1. The predicted octanol–water partition coefficient (Wildman–Crippen LogP) is 3.31. The van der Waals surface area contributed by atoms with Gasteiger partial charge in [-0.3, -0.25) is 14.9 Å². The number of para-hydroxylation sites is 1. The zero-order valence-electron chi connectivity index (χ0n) is 12.3. The molecule has 2 aromatic rings. The number of hydrogen-bond donors (Lipinski definition) is 1. The first kappa shape index (κ1) is 15.5. The van der Waals surface area contributed by atoms with Crippen molar-refractivity contribution in [3.05, 3.63) is 64.2 Å². The topological polar surface area (TPSA) is 81.5 Å². The first-order valence-electron chi connectivity index (χ1n) is 6.75. The average molecular weight is 300 g/mol. The number of benzene rings is 2. The number of carbonyl (C=O) groups excluding carboxylic acids is 1. The average Bonchev–Trinajstić information content (AvgIpc) is 2.50. The third-order valence-electron chi connectivity index (χ3n) is 3.11. The molecule has 2 rings (SSSR count). The third kappa shape index (κ3) is 3.82. The van der Waals surface area contributed by atoms with Gasteiger partial charge in [0.1, 0.15) is 5.75 Å². The fourth-order valence-electron chi connectivity index (χ4n) is 1.84. The molecule has 0 spiro atoms. The van der Waals surface area contributed by atoms with Crippen LogP contribution in [0.1, 0.15) is 12.5 Å². The molecule has 0 aliphatic heterocycles. The molecule has 6 nitrogen and oxygen atoms in total. The number of non-ortho nitro benzene ring substituents is 1. The summed E-state index contributed by atoms with van der Waals surface area (Å²) < 4.78 is 5.62. The first-order valence-corrected chi connectivity index (χ1v) is 6.75. The number of amides is 1. The molecule has 1 amide bonds. The second-order valence-corrected chi connectivity index (χ2v) is 4.82. The number of carbonyl (C=O) groups is 1. The van der Waals surface area contributed by atoms with Crippen molar-refractivity contribution in [3.63, 3.8) is 0 Å². The number of nitro benzene ring substituents is 1. The van der Waals surface area contributed by atoms with E-state index in [1.165, 1.54) is 24.3 Å². The van der Waals surface area contributed by atoms with Crippen LogP contribution in [0.3, 0.4) is 0 Å². The molecule has 0 fully saturated rings. The van der Waals surface area contributed by atoms with Gasteiger partial charge < -0.3 is 10.1 Å². The minimum absolute atomic E-state index is 0.0257. The molecule has 0 heterocycles. The van der Waals surface area contributed by atoms with Gasteiger partial charge in [-0.2, -0.15) is 0 Å². The Labute approximate surface area is 127 Å². The summed E-state index contributed by atoms with van der Waals surface area (Å²) in [5, 5.41) is 13.2. The van der Waals surface area contributed by atoms with Crippen molar-refractivity contribution < 1.29 is 14.5 Å². The summed E-state index contributed by atoms with van der Waals surface area (Å²) >= 11 is 0. The summed E-state index contributed by atoms with van der Waals surface area (Å²) in [4.78, 5) is 22.2. The van der Waals surface area contributed by atoms with Crippen LogP contribution in [0, 0.1) is 17.0 Å². The number of nitro groups is 1. The van der Waals surface area contributed by atoms with Crippen LogP contribution in [-0.4, -0.2) is 16.9 Å². The van der Waals surface area contributed by atoms with Crippen molar-refractivity contribution in [3.8, 4) is 5.75 Å². The smallest absolute Gasteiger partial charge is 0.269 e. The van der Waals surface area contributed by atoms with E-state index in [9.17, 15) is 14.9 Å². The van der Waals surface area contributed by atoms with Crippen molar-refractivity contribution in [2.24, 2.45) is 0 Å². The number of aryl methyl sites for hydroxylation is 1. The Morgan fingerprint density at radius 1 is 1.18 bits per heavy atom. The van der Waals surface area contributed by atoms with E-state index in [4.69, 9.17) is 4.74 Å². The van der Waals surface area contributed by atoms with Crippen LogP contribution in [0.25, 0.3) is 0 Å². The zero-order chi connectivity index (χ0) is 16.1. The molecule has 0 unspecified atom stereocenters. The molecule has 0 saturated heterocycles. The van der Waals surface area contributed by atoms with E-state index < -0.39 is 11.0 Å². The maximum atomic E-state index is 12.1. The lowest BCUT2D eigenvalue weighted by Gasteiger charge is -2.16. The molecule has 1 atom stereocenters. The van der Waals surface area contributed by atoms with Gasteiger partial charge in [0.25, 0.3) is 11.6 Å². The van der Waals surface area contributed by atoms with Gasteiger partial charge in [0.05, 0.1) is 4.92 Å². The SMILES string of the molecule is Cc1ccccc1O[C@@H](C)C(=O)Nc1ccc([N+](=O)[O-])cc1. The highest BCUT2D eigenvalue weighted by molar-refractivity contribution is 5.94. The highest BCUT2D eigenvalue weighted by Gasteiger charge is 2.16. The molecule has 0 aromatic heterocycles. The van der Waals surface area contributed by atoms with Gasteiger partial charge in [-0.05, 0) is 37.6 Å². The summed E-state index contributed by atoms with van der Waals surface area (Å²) in [5.74, 6) is 0.325. The zero-order valence-corrected chi connectivity index (χ0v) is 12.3. The van der Waals surface area contributed by atoms with E-state index >= 15 is 0 Å². The van der Waals surface area contributed by atoms with Crippen LogP contribution in [0.4, 0.5) is 11.4 Å². The highest BCUT2D eigenvalue weighted by Crippen LogP contribution is 2.19. The summed E-state index contributed by atoms with van der Waals surface area (Å²) in [6.07, 6.45) is -0.684. The number of hydrogen-bond acceptors (Lipinski definition) is 4. The monoisotopic (exact) mass is 300 g/mol. The van der Waals surface area contributed by atoms with Crippen LogP contribution in [0.5, 0.6) is 5.75 Å². The number of nitrogens with one attached hydrogen (secondary N) is 1. The molecular weight excluding hydrogens is 284 g/mol.